The van der Waals surface area contributed by atoms with Crippen molar-refractivity contribution in [3.05, 3.63) is 39.4 Å². The van der Waals surface area contributed by atoms with Gasteiger partial charge in [0.15, 0.2) is 0 Å². The van der Waals surface area contributed by atoms with Crippen LogP contribution in [-0.2, 0) is 0 Å². The van der Waals surface area contributed by atoms with Gasteiger partial charge in [-0.25, -0.2) is 4.39 Å². The minimum absolute atomic E-state index is 0.0417. The van der Waals surface area contributed by atoms with E-state index in [1.807, 2.05) is 0 Å². The van der Waals surface area contributed by atoms with Crippen molar-refractivity contribution in [3.8, 4) is 0 Å². The van der Waals surface area contributed by atoms with E-state index in [-0.39, 0.29) is 19.7 Å². The quantitative estimate of drug-likeness (QED) is 0.648. The van der Waals surface area contributed by atoms with Crippen molar-refractivity contribution in [2.24, 2.45) is 0 Å². The van der Waals surface area contributed by atoms with E-state index in [4.69, 9.17) is 5.11 Å². The number of hydrogen-bond donors (Lipinski definition) is 1. The zero-order valence-corrected chi connectivity index (χ0v) is 10.1. The number of carbonyl (C=O) groups excluding carboxylic acids is 1. The van der Waals surface area contributed by atoms with Crippen molar-refractivity contribution in [1.82, 2.24) is 4.90 Å². The summed E-state index contributed by atoms with van der Waals surface area (Å²) in [5.74, 6) is -3.36. The van der Waals surface area contributed by atoms with Crippen LogP contribution in [0.1, 0.15) is 17.3 Å². The Hall–Kier alpha value is -2.09. The highest BCUT2D eigenvalue weighted by Gasteiger charge is 2.24. The average molecular weight is 274 g/mol. The molecule has 0 unspecified atom stereocenters. The zero-order valence-electron chi connectivity index (χ0n) is 10.1. The topological polar surface area (TPSA) is 83.7 Å². The van der Waals surface area contributed by atoms with Gasteiger partial charge in [0.05, 0.1) is 17.1 Å². The first-order valence-corrected chi connectivity index (χ1v) is 5.45. The Morgan fingerprint density at radius 2 is 2.05 bits per heavy atom. The Balaban J connectivity index is 3.22. The molecule has 1 rings (SSSR count). The summed E-state index contributed by atoms with van der Waals surface area (Å²) in [4.78, 5) is 22.5. The van der Waals surface area contributed by atoms with Crippen molar-refractivity contribution in [2.45, 2.75) is 6.92 Å². The lowest BCUT2D eigenvalue weighted by Gasteiger charge is -2.19. The molecule has 0 heterocycles. The van der Waals surface area contributed by atoms with E-state index in [0.717, 1.165) is 4.90 Å². The van der Waals surface area contributed by atoms with E-state index in [9.17, 15) is 23.7 Å². The van der Waals surface area contributed by atoms with Crippen LogP contribution in [0.15, 0.2) is 12.1 Å². The van der Waals surface area contributed by atoms with E-state index >= 15 is 0 Å². The number of nitro groups is 1. The van der Waals surface area contributed by atoms with Crippen LogP contribution in [0.25, 0.3) is 0 Å². The summed E-state index contributed by atoms with van der Waals surface area (Å²) in [5.41, 5.74) is -1.56. The van der Waals surface area contributed by atoms with E-state index in [2.05, 4.69) is 0 Å². The lowest BCUT2D eigenvalue weighted by molar-refractivity contribution is -0.387. The highest BCUT2D eigenvalue weighted by molar-refractivity contribution is 5.95. The summed E-state index contributed by atoms with van der Waals surface area (Å²) >= 11 is 0. The van der Waals surface area contributed by atoms with Crippen LogP contribution in [0.5, 0.6) is 0 Å². The molecule has 8 heteroatoms. The van der Waals surface area contributed by atoms with E-state index in [1.165, 1.54) is 0 Å². The molecule has 0 aliphatic carbocycles. The molecule has 0 aliphatic heterocycles. The molecule has 0 saturated heterocycles. The minimum Gasteiger partial charge on any atom is -0.395 e. The highest BCUT2D eigenvalue weighted by Crippen LogP contribution is 2.22. The summed E-state index contributed by atoms with van der Waals surface area (Å²) in [5, 5.41) is 19.3. The fourth-order valence-electron chi connectivity index (χ4n) is 1.54. The van der Waals surface area contributed by atoms with Crippen LogP contribution >= 0.6 is 0 Å². The summed E-state index contributed by atoms with van der Waals surface area (Å²) in [7, 11) is 0. The molecule has 0 saturated carbocycles. The highest BCUT2D eigenvalue weighted by atomic mass is 19.1. The molecule has 1 amide bonds. The molecule has 1 aromatic carbocycles. The first kappa shape index (κ1) is 15.0. The molecule has 0 aliphatic rings. The van der Waals surface area contributed by atoms with Crippen molar-refractivity contribution in [2.75, 3.05) is 19.7 Å². The third-order valence-corrected chi connectivity index (χ3v) is 2.50. The van der Waals surface area contributed by atoms with Crippen molar-refractivity contribution in [3.63, 3.8) is 0 Å². The lowest BCUT2D eigenvalue weighted by Crippen LogP contribution is -2.34. The third-order valence-electron chi connectivity index (χ3n) is 2.50. The maximum absolute atomic E-state index is 13.5. The fraction of sp³-hybridized carbons (Fsp3) is 0.364. The molecule has 6 nitrogen and oxygen atoms in total. The van der Waals surface area contributed by atoms with Gasteiger partial charge in [-0.05, 0) is 6.92 Å². The third kappa shape index (κ3) is 3.22. The molecule has 104 valence electrons. The summed E-state index contributed by atoms with van der Waals surface area (Å²) in [6.07, 6.45) is 0. The Morgan fingerprint density at radius 3 is 2.53 bits per heavy atom. The summed E-state index contributed by atoms with van der Waals surface area (Å²) < 4.78 is 26.6. The Bertz CT molecular complexity index is 508. The molecule has 0 fully saturated rings. The molecular formula is C11H12F2N2O4. The number of rotatable bonds is 5. The number of aliphatic hydroxyl groups is 1. The van der Waals surface area contributed by atoms with E-state index in [0.29, 0.717) is 12.1 Å². The van der Waals surface area contributed by atoms with Crippen LogP contribution < -0.4 is 0 Å². The monoisotopic (exact) mass is 274 g/mol. The predicted octanol–water partition coefficient (Wildman–Crippen LogP) is 1.33. The van der Waals surface area contributed by atoms with Crippen molar-refractivity contribution < 1.29 is 23.6 Å². The van der Waals surface area contributed by atoms with Gasteiger partial charge in [0.2, 0.25) is 5.82 Å². The zero-order chi connectivity index (χ0) is 14.6. The predicted molar refractivity (Wildman–Crippen MR) is 61.7 cm³/mol. The van der Waals surface area contributed by atoms with E-state index < -0.39 is 33.7 Å². The number of aliphatic hydroxyl groups excluding tert-OH is 1. The second-order valence-electron chi connectivity index (χ2n) is 3.65. The number of halogens is 2. The molecule has 0 spiro atoms. The molecule has 1 aromatic rings. The second kappa shape index (κ2) is 6.19. The van der Waals surface area contributed by atoms with Crippen LogP contribution in [-0.4, -0.2) is 40.5 Å². The molecule has 1 N–H and O–H groups in total. The minimum atomic E-state index is -1.34. The normalized spacial score (nSPS) is 10.3. The van der Waals surface area contributed by atoms with Gasteiger partial charge in [-0.1, -0.05) is 0 Å². The molecule has 0 bridgehead atoms. The number of likely N-dealkylation sites (N-methyl/N-ethyl adjacent to an activating group) is 1. The smallest absolute Gasteiger partial charge is 0.305 e. The van der Waals surface area contributed by atoms with Gasteiger partial charge in [0, 0.05) is 25.2 Å². The van der Waals surface area contributed by atoms with E-state index in [1.54, 1.807) is 6.92 Å². The van der Waals surface area contributed by atoms with Crippen LogP contribution in [0, 0.1) is 21.7 Å². The Morgan fingerprint density at radius 1 is 1.42 bits per heavy atom. The number of nitro benzene ring substituents is 1. The van der Waals surface area contributed by atoms with Crippen LogP contribution in [0.2, 0.25) is 0 Å². The second-order valence-corrected chi connectivity index (χ2v) is 3.65. The Kier molecular flexibility index (Phi) is 4.87. The maximum atomic E-state index is 13.5. The Labute approximate surface area is 107 Å². The van der Waals surface area contributed by atoms with Gasteiger partial charge < -0.3 is 10.0 Å². The molecule has 0 atom stereocenters. The molecule has 19 heavy (non-hydrogen) atoms. The van der Waals surface area contributed by atoms with Gasteiger partial charge in [0.1, 0.15) is 5.82 Å². The van der Waals surface area contributed by atoms with Gasteiger partial charge in [-0.2, -0.15) is 4.39 Å². The maximum Gasteiger partial charge on any atom is 0.305 e. The largest absolute Gasteiger partial charge is 0.395 e. The average Bonchev–Trinajstić information content (AvgIpc) is 2.34. The molecular weight excluding hydrogens is 262 g/mol. The van der Waals surface area contributed by atoms with Crippen LogP contribution in [0.3, 0.4) is 0 Å². The van der Waals surface area contributed by atoms with Gasteiger partial charge in [-0.3, -0.25) is 14.9 Å². The molecule has 0 radical (unpaired) electrons. The van der Waals surface area contributed by atoms with Crippen LogP contribution in [0.4, 0.5) is 14.5 Å². The summed E-state index contributed by atoms with van der Waals surface area (Å²) in [6.45, 7) is 1.41. The first-order chi connectivity index (χ1) is 8.92. The van der Waals surface area contributed by atoms with Gasteiger partial charge >= 0.3 is 5.69 Å². The standard InChI is InChI=1S/C11H12F2N2O4/c1-2-14(3-4-16)11(17)7-5-10(15(18)19)9(13)6-8(7)12/h5-6,16H,2-4H2,1H3. The number of amides is 1. The number of carbonyl (C=O) groups is 1. The molecule has 0 aromatic heterocycles. The number of benzene rings is 1. The summed E-state index contributed by atoms with van der Waals surface area (Å²) in [6, 6.07) is 0.866. The number of hydrogen-bond acceptors (Lipinski definition) is 4. The van der Waals surface area contributed by atoms with Crippen molar-refractivity contribution in [1.29, 1.82) is 0 Å². The van der Waals surface area contributed by atoms with Gasteiger partial charge in [0.25, 0.3) is 5.91 Å². The first-order valence-electron chi connectivity index (χ1n) is 5.45. The SMILES string of the molecule is CCN(CCO)C(=O)c1cc([N+](=O)[O-])c(F)cc1F. The fourth-order valence-corrected chi connectivity index (χ4v) is 1.54. The number of nitrogens with zero attached hydrogens (tertiary/aromatic N) is 2. The van der Waals surface area contributed by atoms with Gasteiger partial charge in [-0.15, -0.1) is 0 Å². The lowest BCUT2D eigenvalue weighted by atomic mass is 10.1. The van der Waals surface area contributed by atoms with Crippen molar-refractivity contribution >= 4 is 11.6 Å².